The van der Waals surface area contributed by atoms with Gasteiger partial charge in [0.25, 0.3) is 5.91 Å². The van der Waals surface area contributed by atoms with Crippen LogP contribution in [0.25, 0.3) is 10.9 Å². The molecule has 0 unspecified atom stereocenters. The lowest BCUT2D eigenvalue weighted by atomic mass is 10.1. The van der Waals surface area contributed by atoms with E-state index in [2.05, 4.69) is 15.5 Å². The molecule has 0 radical (unpaired) electrons. The molecule has 10 heteroatoms. The van der Waals surface area contributed by atoms with Crippen LogP contribution in [0.5, 0.6) is 5.75 Å². The van der Waals surface area contributed by atoms with Crippen molar-refractivity contribution in [3.8, 4) is 5.75 Å². The minimum absolute atomic E-state index is 0.0159. The highest BCUT2D eigenvalue weighted by atomic mass is 32.2. The fraction of sp³-hybridized carbons (Fsp3) is 0.250. The summed E-state index contributed by atoms with van der Waals surface area (Å²) in [7, 11) is 5.20. The van der Waals surface area contributed by atoms with Crippen LogP contribution < -0.4 is 10.1 Å². The molecule has 2 N–H and O–H groups in total. The molecule has 34 heavy (non-hydrogen) atoms. The number of nitrogens with one attached hydrogen (secondary N) is 1. The number of ether oxygens (including phenoxy) is 1. The van der Waals surface area contributed by atoms with Crippen molar-refractivity contribution in [1.29, 1.82) is 0 Å². The van der Waals surface area contributed by atoms with Gasteiger partial charge in [-0.3, -0.25) is 9.59 Å². The van der Waals surface area contributed by atoms with Crippen molar-refractivity contribution in [2.24, 2.45) is 14.1 Å². The third-order valence-electron chi connectivity index (χ3n) is 5.55. The Bertz CT molecular complexity index is 1330. The second-order valence-corrected chi connectivity index (χ2v) is 8.66. The smallest absolute Gasteiger partial charge is 0.251 e. The fourth-order valence-electron chi connectivity index (χ4n) is 3.70. The Kier molecular flexibility index (Phi) is 6.99. The normalized spacial score (nSPS) is 12.0. The molecule has 176 valence electrons. The van der Waals surface area contributed by atoms with Gasteiger partial charge in [-0.05, 0) is 30.3 Å². The molecular weight excluding hydrogens is 454 g/mol. The average Bonchev–Trinajstić information content (AvgIpc) is 3.40. The molecule has 0 spiro atoms. The molecule has 0 saturated heterocycles. The molecule has 2 heterocycles. The van der Waals surface area contributed by atoms with E-state index < -0.39 is 6.04 Å². The molecule has 4 aromatic rings. The standard InChI is InChI=1S/C24H25N5O4S/c1-28-12-18(17-6-4-5-7-20(17)28)21(31)14-34-24-27-26-22(29(24)2)19(13-30)25-23(32)15-8-10-16(33-3)11-9-15/h4-12,19,30H,13-14H2,1-3H3,(H,25,32)/t19-/m0/s1. The SMILES string of the molecule is COc1ccc(C(=O)N[C@@H](CO)c2nnc(SCC(=O)c3cn(C)c4ccccc34)n2C)cc1. The van der Waals surface area contributed by atoms with Gasteiger partial charge < -0.3 is 24.3 Å². The quantitative estimate of drug-likeness (QED) is 0.280. The first-order valence-electron chi connectivity index (χ1n) is 10.6. The highest BCUT2D eigenvalue weighted by Crippen LogP contribution is 2.25. The van der Waals surface area contributed by atoms with Crippen molar-refractivity contribution in [2.45, 2.75) is 11.2 Å². The second kappa shape index (κ2) is 10.1. The number of Topliss-reactive ketones (excluding diaryl/α,β-unsaturated/α-hetero) is 1. The van der Waals surface area contributed by atoms with E-state index in [9.17, 15) is 14.7 Å². The molecule has 2 aromatic carbocycles. The zero-order valence-corrected chi connectivity index (χ0v) is 19.9. The summed E-state index contributed by atoms with van der Waals surface area (Å²) in [5.41, 5.74) is 2.08. The molecule has 4 rings (SSSR count). The van der Waals surface area contributed by atoms with Gasteiger partial charge in [0.05, 0.1) is 19.5 Å². The number of carbonyl (C=O) groups is 2. The number of hydrogen-bond acceptors (Lipinski definition) is 7. The van der Waals surface area contributed by atoms with Gasteiger partial charge in [-0.1, -0.05) is 30.0 Å². The van der Waals surface area contributed by atoms with Crippen molar-refractivity contribution in [3.05, 3.63) is 71.7 Å². The summed E-state index contributed by atoms with van der Waals surface area (Å²) >= 11 is 1.26. The summed E-state index contributed by atoms with van der Waals surface area (Å²) < 4.78 is 8.72. The molecule has 0 fully saturated rings. The molecule has 1 amide bonds. The summed E-state index contributed by atoms with van der Waals surface area (Å²) in [6.45, 7) is -0.354. The molecule has 0 bridgehead atoms. The minimum atomic E-state index is -0.754. The molecule has 2 aromatic heterocycles. The summed E-state index contributed by atoms with van der Waals surface area (Å²) in [5, 5.41) is 22.4. The highest BCUT2D eigenvalue weighted by molar-refractivity contribution is 7.99. The van der Waals surface area contributed by atoms with Crippen LogP contribution in [-0.4, -0.2) is 55.6 Å². The fourth-order valence-corrected chi connectivity index (χ4v) is 4.50. The number of para-hydroxylation sites is 1. The number of fused-ring (bicyclic) bond motifs is 1. The summed E-state index contributed by atoms with van der Waals surface area (Å²) in [6, 6.07) is 13.7. The first-order chi connectivity index (χ1) is 16.4. The first kappa shape index (κ1) is 23.5. The van der Waals surface area contributed by atoms with Gasteiger partial charge in [0.15, 0.2) is 16.8 Å². The van der Waals surface area contributed by atoms with E-state index in [1.807, 2.05) is 42.1 Å². The first-order valence-corrected chi connectivity index (χ1v) is 11.6. The van der Waals surface area contributed by atoms with Crippen LogP contribution in [0.1, 0.15) is 32.6 Å². The minimum Gasteiger partial charge on any atom is -0.497 e. The highest BCUT2D eigenvalue weighted by Gasteiger charge is 2.23. The number of thioether (sulfide) groups is 1. The van der Waals surface area contributed by atoms with Gasteiger partial charge in [0, 0.05) is 42.3 Å². The van der Waals surface area contributed by atoms with Gasteiger partial charge in [-0.15, -0.1) is 10.2 Å². The molecule has 1 atom stereocenters. The molecule has 0 saturated carbocycles. The van der Waals surface area contributed by atoms with Crippen LogP contribution in [-0.2, 0) is 14.1 Å². The molecule has 0 aliphatic carbocycles. The van der Waals surface area contributed by atoms with E-state index in [0.29, 0.717) is 27.9 Å². The second-order valence-electron chi connectivity index (χ2n) is 7.72. The lowest BCUT2D eigenvalue weighted by Crippen LogP contribution is -2.32. The third kappa shape index (κ3) is 4.68. The van der Waals surface area contributed by atoms with Crippen molar-refractivity contribution in [1.82, 2.24) is 24.6 Å². The number of hydrogen-bond donors (Lipinski definition) is 2. The zero-order chi connectivity index (χ0) is 24.2. The van der Waals surface area contributed by atoms with Gasteiger partial charge >= 0.3 is 0 Å². The number of aliphatic hydroxyl groups excluding tert-OH is 1. The van der Waals surface area contributed by atoms with E-state index in [1.165, 1.54) is 11.8 Å². The van der Waals surface area contributed by atoms with E-state index in [4.69, 9.17) is 4.74 Å². The lowest BCUT2D eigenvalue weighted by molar-refractivity contribution is 0.0911. The molecular formula is C24H25N5O4S. The van der Waals surface area contributed by atoms with Crippen LogP contribution in [0, 0.1) is 0 Å². The number of aromatic nitrogens is 4. The van der Waals surface area contributed by atoms with Gasteiger partial charge in [0.1, 0.15) is 11.8 Å². The van der Waals surface area contributed by atoms with Gasteiger partial charge in [-0.2, -0.15) is 0 Å². The Labute approximate surface area is 200 Å². The van der Waals surface area contributed by atoms with E-state index in [1.54, 1.807) is 43.0 Å². The number of amides is 1. The Morgan fingerprint density at radius 2 is 1.85 bits per heavy atom. The Balaban J connectivity index is 1.44. The number of rotatable bonds is 9. The van der Waals surface area contributed by atoms with Crippen LogP contribution in [0.3, 0.4) is 0 Å². The number of nitrogens with zero attached hydrogens (tertiary/aromatic N) is 4. The third-order valence-corrected chi connectivity index (χ3v) is 6.57. The van der Waals surface area contributed by atoms with Crippen LogP contribution in [0.2, 0.25) is 0 Å². The number of methoxy groups -OCH3 is 1. The number of aliphatic hydroxyl groups is 1. The number of benzene rings is 2. The van der Waals surface area contributed by atoms with Crippen molar-refractivity contribution in [3.63, 3.8) is 0 Å². The largest absolute Gasteiger partial charge is 0.497 e. The maximum Gasteiger partial charge on any atom is 0.251 e. The summed E-state index contributed by atoms with van der Waals surface area (Å²) in [6.07, 6.45) is 1.84. The Morgan fingerprint density at radius 3 is 2.56 bits per heavy atom. The monoisotopic (exact) mass is 479 g/mol. The number of aryl methyl sites for hydroxylation is 1. The van der Waals surface area contributed by atoms with Gasteiger partial charge in [-0.25, -0.2) is 0 Å². The van der Waals surface area contributed by atoms with Crippen molar-refractivity contribution < 1.29 is 19.4 Å². The predicted octanol–water partition coefficient (Wildman–Crippen LogP) is 2.75. The molecule has 0 aliphatic rings. The maximum atomic E-state index is 12.9. The van der Waals surface area contributed by atoms with Gasteiger partial charge in [0.2, 0.25) is 0 Å². The molecule has 0 aliphatic heterocycles. The summed E-state index contributed by atoms with van der Waals surface area (Å²) in [5.74, 6) is 0.845. The number of ketones is 1. The topological polar surface area (TPSA) is 111 Å². The Hall–Kier alpha value is -3.63. The Morgan fingerprint density at radius 1 is 1.12 bits per heavy atom. The summed E-state index contributed by atoms with van der Waals surface area (Å²) in [4.78, 5) is 25.5. The van der Waals surface area contributed by atoms with E-state index in [-0.39, 0.29) is 24.1 Å². The van der Waals surface area contributed by atoms with E-state index in [0.717, 1.165) is 10.9 Å². The number of carbonyl (C=O) groups excluding carboxylic acids is 2. The van der Waals surface area contributed by atoms with Crippen molar-refractivity contribution >= 4 is 34.4 Å². The van der Waals surface area contributed by atoms with Crippen LogP contribution in [0.15, 0.2) is 59.9 Å². The zero-order valence-electron chi connectivity index (χ0n) is 19.1. The van der Waals surface area contributed by atoms with Crippen LogP contribution in [0.4, 0.5) is 0 Å². The predicted molar refractivity (Wildman–Crippen MR) is 129 cm³/mol. The van der Waals surface area contributed by atoms with Crippen molar-refractivity contribution in [2.75, 3.05) is 19.5 Å². The average molecular weight is 480 g/mol. The van der Waals surface area contributed by atoms with E-state index >= 15 is 0 Å². The lowest BCUT2D eigenvalue weighted by Gasteiger charge is -2.16. The maximum absolute atomic E-state index is 12.9. The molecule has 9 nitrogen and oxygen atoms in total. The van der Waals surface area contributed by atoms with Crippen LogP contribution >= 0.6 is 11.8 Å².